The van der Waals surface area contributed by atoms with Gasteiger partial charge in [-0.25, -0.2) is 0 Å². The molecule has 3 fully saturated rings. The van der Waals surface area contributed by atoms with E-state index in [0.717, 1.165) is 47.3 Å². The quantitative estimate of drug-likeness (QED) is 0.494. The average Bonchev–Trinajstić information content (AvgIpc) is 2.59. The maximum absolute atomic E-state index is 2.50. The maximum Gasteiger partial charge on any atom is -0.0386 e. The van der Waals surface area contributed by atoms with Gasteiger partial charge in [0.25, 0.3) is 0 Å². The minimum Gasteiger partial charge on any atom is -0.0625 e. The fourth-order valence-electron chi connectivity index (χ4n) is 6.55. The Balaban J connectivity index is 1.35. The lowest BCUT2D eigenvalue weighted by Gasteiger charge is -2.39. The monoisotopic (exact) mass is 332 g/mol. The molecule has 0 spiro atoms. The minimum atomic E-state index is 0.954. The number of rotatable bonds is 4. The van der Waals surface area contributed by atoms with Gasteiger partial charge in [-0.1, -0.05) is 66.2 Å². The molecule has 0 radical (unpaired) electrons. The molecule has 140 valence electrons. The van der Waals surface area contributed by atoms with E-state index in [1.165, 1.54) is 32.1 Å². The fraction of sp³-hybridized carbons (Fsp3) is 1.00. The van der Waals surface area contributed by atoms with Crippen molar-refractivity contribution in [3.05, 3.63) is 0 Å². The van der Waals surface area contributed by atoms with Crippen LogP contribution in [0, 0.1) is 47.3 Å². The fourth-order valence-corrected chi connectivity index (χ4v) is 6.55. The summed E-state index contributed by atoms with van der Waals surface area (Å²) in [6.45, 7) is 9.95. The molecule has 0 heterocycles. The van der Waals surface area contributed by atoms with Gasteiger partial charge >= 0.3 is 0 Å². The summed E-state index contributed by atoms with van der Waals surface area (Å²) >= 11 is 0. The zero-order valence-electron chi connectivity index (χ0n) is 17.1. The number of hydrogen-bond acceptors (Lipinski definition) is 0. The van der Waals surface area contributed by atoms with Crippen molar-refractivity contribution in [1.82, 2.24) is 0 Å². The molecule has 0 amide bonds. The Morgan fingerprint density at radius 1 is 0.542 bits per heavy atom. The SMILES string of the molecule is CC1CCC(C2CCC(CCC3CC(C)C(C)C(C)C3)CC2)CC1. The first-order valence-corrected chi connectivity index (χ1v) is 11.5. The Labute approximate surface area is 152 Å². The van der Waals surface area contributed by atoms with Crippen LogP contribution in [0.1, 0.15) is 105 Å². The van der Waals surface area contributed by atoms with Crippen LogP contribution in [0.5, 0.6) is 0 Å². The predicted molar refractivity (Wildman–Crippen MR) is 106 cm³/mol. The first-order valence-electron chi connectivity index (χ1n) is 11.5. The normalized spacial score (nSPS) is 47.5. The van der Waals surface area contributed by atoms with Crippen LogP contribution in [0.4, 0.5) is 0 Å². The van der Waals surface area contributed by atoms with E-state index in [-0.39, 0.29) is 0 Å². The Hall–Kier alpha value is 0. The van der Waals surface area contributed by atoms with Crippen molar-refractivity contribution < 1.29 is 0 Å². The molecule has 0 heteroatoms. The predicted octanol–water partition coefficient (Wildman–Crippen LogP) is 7.72. The molecule has 3 aliphatic rings. The summed E-state index contributed by atoms with van der Waals surface area (Å²) in [6, 6.07) is 0. The van der Waals surface area contributed by atoms with E-state index in [9.17, 15) is 0 Å². The lowest BCUT2D eigenvalue weighted by molar-refractivity contribution is 0.118. The molecule has 24 heavy (non-hydrogen) atoms. The average molecular weight is 333 g/mol. The molecule has 0 aromatic carbocycles. The van der Waals surface area contributed by atoms with Gasteiger partial charge in [-0.15, -0.1) is 0 Å². The second-order valence-corrected chi connectivity index (χ2v) is 10.5. The van der Waals surface area contributed by atoms with Crippen molar-refractivity contribution in [2.75, 3.05) is 0 Å². The summed E-state index contributed by atoms with van der Waals surface area (Å²) in [4.78, 5) is 0. The Morgan fingerprint density at radius 2 is 1.00 bits per heavy atom. The topological polar surface area (TPSA) is 0 Å². The summed E-state index contributed by atoms with van der Waals surface area (Å²) in [5.74, 6) is 8.22. The van der Waals surface area contributed by atoms with Gasteiger partial charge in [0.1, 0.15) is 0 Å². The molecule has 0 aromatic rings. The van der Waals surface area contributed by atoms with Crippen LogP contribution >= 0.6 is 0 Å². The first kappa shape index (κ1) is 18.8. The van der Waals surface area contributed by atoms with Gasteiger partial charge in [0.2, 0.25) is 0 Å². The zero-order valence-corrected chi connectivity index (χ0v) is 17.1. The maximum atomic E-state index is 2.50. The van der Waals surface area contributed by atoms with Crippen LogP contribution in [0.3, 0.4) is 0 Å². The molecule has 2 atom stereocenters. The lowest BCUT2D eigenvalue weighted by Crippen LogP contribution is -2.28. The Kier molecular flexibility index (Phi) is 6.72. The van der Waals surface area contributed by atoms with Crippen molar-refractivity contribution >= 4 is 0 Å². The van der Waals surface area contributed by atoms with E-state index < -0.39 is 0 Å². The van der Waals surface area contributed by atoms with Gasteiger partial charge in [0.15, 0.2) is 0 Å². The smallest absolute Gasteiger partial charge is 0.0386 e. The van der Waals surface area contributed by atoms with E-state index in [1.807, 2.05) is 0 Å². The molecule has 0 saturated heterocycles. The highest BCUT2D eigenvalue weighted by Crippen LogP contribution is 2.44. The van der Waals surface area contributed by atoms with E-state index >= 15 is 0 Å². The summed E-state index contributed by atoms with van der Waals surface area (Å²) in [5, 5.41) is 0. The van der Waals surface area contributed by atoms with Crippen LogP contribution in [0.2, 0.25) is 0 Å². The van der Waals surface area contributed by atoms with Crippen molar-refractivity contribution in [3.8, 4) is 0 Å². The van der Waals surface area contributed by atoms with Crippen LogP contribution in [-0.2, 0) is 0 Å². The highest BCUT2D eigenvalue weighted by molar-refractivity contribution is 4.83. The third-order valence-electron chi connectivity index (χ3n) is 8.81. The molecule has 0 bridgehead atoms. The largest absolute Gasteiger partial charge is 0.0625 e. The molecule has 0 nitrogen and oxygen atoms in total. The van der Waals surface area contributed by atoms with Gasteiger partial charge in [0.05, 0.1) is 0 Å². The summed E-state index contributed by atoms with van der Waals surface area (Å²) in [7, 11) is 0. The first-order chi connectivity index (χ1) is 11.5. The third kappa shape index (κ3) is 4.79. The van der Waals surface area contributed by atoms with Gasteiger partial charge < -0.3 is 0 Å². The summed E-state index contributed by atoms with van der Waals surface area (Å²) in [6.07, 6.45) is 18.5. The van der Waals surface area contributed by atoms with E-state index in [1.54, 1.807) is 44.9 Å². The van der Waals surface area contributed by atoms with E-state index in [2.05, 4.69) is 27.7 Å². The van der Waals surface area contributed by atoms with Gasteiger partial charge in [-0.2, -0.15) is 0 Å². The Morgan fingerprint density at radius 3 is 1.54 bits per heavy atom. The van der Waals surface area contributed by atoms with Gasteiger partial charge in [-0.3, -0.25) is 0 Å². The zero-order chi connectivity index (χ0) is 17.1. The molecular formula is C24H44. The molecular weight excluding hydrogens is 288 g/mol. The van der Waals surface area contributed by atoms with Crippen LogP contribution in [0.25, 0.3) is 0 Å². The van der Waals surface area contributed by atoms with E-state index in [4.69, 9.17) is 0 Å². The van der Waals surface area contributed by atoms with Crippen molar-refractivity contribution in [2.45, 2.75) is 105 Å². The Bertz CT molecular complexity index is 344. The van der Waals surface area contributed by atoms with Gasteiger partial charge in [-0.05, 0) is 85.9 Å². The molecule has 3 aliphatic carbocycles. The highest BCUT2D eigenvalue weighted by atomic mass is 14.4. The van der Waals surface area contributed by atoms with Crippen LogP contribution < -0.4 is 0 Å². The minimum absolute atomic E-state index is 0.954. The molecule has 0 N–H and O–H groups in total. The molecule has 2 unspecified atom stereocenters. The molecule has 3 saturated carbocycles. The highest BCUT2D eigenvalue weighted by Gasteiger charge is 2.32. The molecule has 0 aromatic heterocycles. The lowest BCUT2D eigenvalue weighted by atomic mass is 9.66. The summed E-state index contributed by atoms with van der Waals surface area (Å²) < 4.78 is 0. The molecule has 3 rings (SSSR count). The van der Waals surface area contributed by atoms with E-state index in [0.29, 0.717) is 0 Å². The molecule has 0 aliphatic heterocycles. The second kappa shape index (κ2) is 8.59. The van der Waals surface area contributed by atoms with Crippen molar-refractivity contribution in [2.24, 2.45) is 47.3 Å². The van der Waals surface area contributed by atoms with Crippen molar-refractivity contribution in [3.63, 3.8) is 0 Å². The summed E-state index contributed by atoms with van der Waals surface area (Å²) in [5.41, 5.74) is 0. The number of hydrogen-bond donors (Lipinski definition) is 0. The standard InChI is InChI=1S/C24H44/c1-17-5-11-23(12-6-17)24-13-9-21(10-14-24)7-8-22-15-18(2)20(4)19(3)16-22/h17-24H,5-16H2,1-4H3. The van der Waals surface area contributed by atoms with Gasteiger partial charge in [0, 0.05) is 0 Å². The second-order valence-electron chi connectivity index (χ2n) is 10.5. The van der Waals surface area contributed by atoms with Crippen molar-refractivity contribution in [1.29, 1.82) is 0 Å². The van der Waals surface area contributed by atoms with Crippen LogP contribution in [0.15, 0.2) is 0 Å². The third-order valence-corrected chi connectivity index (χ3v) is 8.81. The van der Waals surface area contributed by atoms with Crippen LogP contribution in [-0.4, -0.2) is 0 Å².